The summed E-state index contributed by atoms with van der Waals surface area (Å²) in [6.45, 7) is 6.48. The van der Waals surface area contributed by atoms with E-state index in [0.29, 0.717) is 6.61 Å². The van der Waals surface area contributed by atoms with Crippen LogP contribution in [0.5, 0.6) is 5.75 Å². The van der Waals surface area contributed by atoms with Gasteiger partial charge in [0.05, 0.1) is 12.7 Å². The average molecular weight is 267 g/mol. The van der Waals surface area contributed by atoms with Gasteiger partial charge in [0.1, 0.15) is 18.5 Å². The summed E-state index contributed by atoms with van der Waals surface area (Å²) in [5.41, 5.74) is 1.09. The van der Waals surface area contributed by atoms with Gasteiger partial charge in [-0.1, -0.05) is 18.2 Å². The first-order valence-corrected chi connectivity index (χ1v) is 6.73. The standard InChI is InChI=1S/C15H25NO3/c1-11(2)18-9-13(17)10-19-15-8-6-5-7-14(15)12(3)16-4/h5-8,11-13,16-17H,9-10H2,1-4H3. The molecular weight excluding hydrogens is 242 g/mol. The van der Waals surface area contributed by atoms with Gasteiger partial charge in [0.25, 0.3) is 0 Å². The molecule has 0 aliphatic rings. The average Bonchev–Trinajstić information content (AvgIpc) is 2.42. The molecule has 0 saturated carbocycles. The minimum atomic E-state index is -0.611. The number of para-hydroxylation sites is 1. The lowest BCUT2D eigenvalue weighted by molar-refractivity contribution is -0.0124. The molecular formula is C15H25NO3. The van der Waals surface area contributed by atoms with Crippen LogP contribution in [0.15, 0.2) is 24.3 Å². The Morgan fingerprint density at radius 2 is 1.84 bits per heavy atom. The molecule has 0 radical (unpaired) electrons. The van der Waals surface area contributed by atoms with Crippen LogP contribution in [0.4, 0.5) is 0 Å². The van der Waals surface area contributed by atoms with E-state index in [1.807, 2.05) is 45.2 Å². The van der Waals surface area contributed by atoms with Crippen molar-refractivity contribution in [3.05, 3.63) is 29.8 Å². The van der Waals surface area contributed by atoms with Crippen molar-refractivity contribution in [1.82, 2.24) is 5.32 Å². The molecule has 2 unspecified atom stereocenters. The lowest BCUT2D eigenvalue weighted by Crippen LogP contribution is -2.25. The molecule has 1 aromatic carbocycles. The van der Waals surface area contributed by atoms with Crippen LogP contribution in [0.2, 0.25) is 0 Å². The van der Waals surface area contributed by atoms with Crippen molar-refractivity contribution in [2.24, 2.45) is 0 Å². The topological polar surface area (TPSA) is 50.7 Å². The summed E-state index contributed by atoms with van der Waals surface area (Å²) in [6.07, 6.45) is -0.494. The highest BCUT2D eigenvalue weighted by Gasteiger charge is 2.12. The van der Waals surface area contributed by atoms with Gasteiger partial charge in [-0.15, -0.1) is 0 Å². The molecule has 0 saturated heterocycles. The highest BCUT2D eigenvalue weighted by molar-refractivity contribution is 5.35. The van der Waals surface area contributed by atoms with Crippen LogP contribution in [0.3, 0.4) is 0 Å². The molecule has 4 nitrogen and oxygen atoms in total. The summed E-state index contributed by atoms with van der Waals surface area (Å²) in [7, 11) is 1.91. The second kappa shape index (κ2) is 8.15. The molecule has 108 valence electrons. The maximum Gasteiger partial charge on any atom is 0.124 e. The summed E-state index contributed by atoms with van der Waals surface area (Å²) in [5.74, 6) is 0.799. The van der Waals surface area contributed by atoms with E-state index in [4.69, 9.17) is 9.47 Å². The van der Waals surface area contributed by atoms with E-state index < -0.39 is 6.10 Å². The second-order valence-electron chi connectivity index (χ2n) is 4.90. The summed E-state index contributed by atoms with van der Waals surface area (Å²) < 4.78 is 11.0. The number of hydrogen-bond acceptors (Lipinski definition) is 4. The number of rotatable bonds is 8. The van der Waals surface area contributed by atoms with E-state index in [1.54, 1.807) is 0 Å². The Kier molecular flexibility index (Phi) is 6.84. The van der Waals surface area contributed by atoms with E-state index in [9.17, 15) is 5.11 Å². The monoisotopic (exact) mass is 267 g/mol. The Balaban J connectivity index is 2.53. The number of aliphatic hydroxyl groups is 1. The first-order valence-electron chi connectivity index (χ1n) is 6.73. The largest absolute Gasteiger partial charge is 0.490 e. The molecule has 0 amide bonds. The summed E-state index contributed by atoms with van der Waals surface area (Å²) >= 11 is 0. The molecule has 0 bridgehead atoms. The minimum absolute atomic E-state index is 0.117. The summed E-state index contributed by atoms with van der Waals surface area (Å²) in [5, 5.41) is 13.0. The first-order chi connectivity index (χ1) is 9.04. The summed E-state index contributed by atoms with van der Waals surface area (Å²) in [6, 6.07) is 8.06. The number of nitrogens with one attached hydrogen (secondary N) is 1. The van der Waals surface area contributed by atoms with Crippen LogP contribution < -0.4 is 10.1 Å². The summed E-state index contributed by atoms with van der Waals surface area (Å²) in [4.78, 5) is 0. The Labute approximate surface area is 115 Å². The first kappa shape index (κ1) is 16.0. The third-order valence-electron chi connectivity index (χ3n) is 2.87. The predicted molar refractivity (Wildman–Crippen MR) is 76.5 cm³/mol. The Hall–Kier alpha value is -1.10. The van der Waals surface area contributed by atoms with Gasteiger partial charge < -0.3 is 19.9 Å². The third kappa shape index (κ3) is 5.59. The Morgan fingerprint density at radius 1 is 1.16 bits per heavy atom. The molecule has 1 rings (SSSR count). The number of ether oxygens (including phenoxy) is 2. The fourth-order valence-corrected chi connectivity index (χ4v) is 1.66. The van der Waals surface area contributed by atoms with Gasteiger partial charge in [-0.25, -0.2) is 0 Å². The molecule has 19 heavy (non-hydrogen) atoms. The zero-order valence-electron chi connectivity index (χ0n) is 12.2. The van der Waals surface area contributed by atoms with E-state index >= 15 is 0 Å². The zero-order chi connectivity index (χ0) is 14.3. The highest BCUT2D eigenvalue weighted by atomic mass is 16.5. The van der Waals surface area contributed by atoms with Crippen LogP contribution in [0.1, 0.15) is 32.4 Å². The van der Waals surface area contributed by atoms with E-state index in [1.165, 1.54) is 0 Å². The lowest BCUT2D eigenvalue weighted by atomic mass is 10.1. The number of benzene rings is 1. The maximum atomic E-state index is 9.78. The van der Waals surface area contributed by atoms with Crippen molar-refractivity contribution in [2.45, 2.75) is 39.0 Å². The molecule has 0 spiro atoms. The molecule has 0 aliphatic heterocycles. The van der Waals surface area contributed by atoms with Crippen molar-refractivity contribution >= 4 is 0 Å². The molecule has 0 heterocycles. The van der Waals surface area contributed by atoms with Gasteiger partial charge in [-0.05, 0) is 33.9 Å². The number of hydrogen-bond donors (Lipinski definition) is 2. The molecule has 0 aromatic heterocycles. The van der Waals surface area contributed by atoms with Crippen LogP contribution in [-0.4, -0.2) is 37.6 Å². The van der Waals surface area contributed by atoms with Gasteiger partial charge in [0.15, 0.2) is 0 Å². The van der Waals surface area contributed by atoms with Gasteiger partial charge in [0.2, 0.25) is 0 Å². The predicted octanol–water partition coefficient (Wildman–Crippen LogP) is 2.13. The molecule has 0 aliphatic carbocycles. The molecule has 4 heteroatoms. The van der Waals surface area contributed by atoms with Gasteiger partial charge in [-0.2, -0.15) is 0 Å². The molecule has 1 aromatic rings. The zero-order valence-corrected chi connectivity index (χ0v) is 12.2. The quantitative estimate of drug-likeness (QED) is 0.757. The Morgan fingerprint density at radius 3 is 2.47 bits per heavy atom. The number of aliphatic hydroxyl groups excluding tert-OH is 1. The third-order valence-corrected chi connectivity index (χ3v) is 2.87. The molecule has 0 fully saturated rings. The van der Waals surface area contributed by atoms with Crippen LogP contribution >= 0.6 is 0 Å². The van der Waals surface area contributed by atoms with Crippen LogP contribution in [0, 0.1) is 0 Å². The molecule has 2 N–H and O–H groups in total. The van der Waals surface area contributed by atoms with Crippen molar-refractivity contribution in [2.75, 3.05) is 20.3 Å². The van der Waals surface area contributed by atoms with Crippen molar-refractivity contribution in [3.8, 4) is 5.75 Å². The fraction of sp³-hybridized carbons (Fsp3) is 0.600. The normalized spacial score (nSPS) is 14.4. The van der Waals surface area contributed by atoms with E-state index in [2.05, 4.69) is 12.2 Å². The highest BCUT2D eigenvalue weighted by Crippen LogP contribution is 2.24. The van der Waals surface area contributed by atoms with Crippen LogP contribution in [-0.2, 0) is 4.74 Å². The van der Waals surface area contributed by atoms with Crippen molar-refractivity contribution in [1.29, 1.82) is 0 Å². The SMILES string of the molecule is CNC(C)c1ccccc1OCC(O)COC(C)C. The van der Waals surface area contributed by atoms with Crippen LogP contribution in [0.25, 0.3) is 0 Å². The maximum absolute atomic E-state index is 9.78. The minimum Gasteiger partial charge on any atom is -0.490 e. The van der Waals surface area contributed by atoms with E-state index in [-0.39, 0.29) is 18.8 Å². The van der Waals surface area contributed by atoms with Gasteiger partial charge in [-0.3, -0.25) is 0 Å². The lowest BCUT2D eigenvalue weighted by Gasteiger charge is -2.18. The smallest absolute Gasteiger partial charge is 0.124 e. The fourth-order valence-electron chi connectivity index (χ4n) is 1.66. The van der Waals surface area contributed by atoms with Crippen molar-refractivity contribution < 1.29 is 14.6 Å². The van der Waals surface area contributed by atoms with Gasteiger partial charge in [0, 0.05) is 11.6 Å². The van der Waals surface area contributed by atoms with Crippen molar-refractivity contribution in [3.63, 3.8) is 0 Å². The molecule has 2 atom stereocenters. The second-order valence-corrected chi connectivity index (χ2v) is 4.90. The van der Waals surface area contributed by atoms with Gasteiger partial charge >= 0.3 is 0 Å². The Bertz CT molecular complexity index is 368. The van der Waals surface area contributed by atoms with E-state index in [0.717, 1.165) is 11.3 Å².